The van der Waals surface area contributed by atoms with E-state index in [1.54, 1.807) is 12.1 Å². The van der Waals surface area contributed by atoms with Gasteiger partial charge in [0.15, 0.2) is 0 Å². The fourth-order valence-corrected chi connectivity index (χ4v) is 2.69. The van der Waals surface area contributed by atoms with Gasteiger partial charge in [-0.2, -0.15) is 0 Å². The number of furan rings is 1. The fraction of sp³-hybridized carbons (Fsp3) is 0.400. The molecule has 106 valence electrons. The maximum Gasteiger partial charge on any atom is 0.339 e. The van der Waals surface area contributed by atoms with E-state index in [0.717, 1.165) is 13.1 Å². The smallest absolute Gasteiger partial charge is 0.339 e. The summed E-state index contributed by atoms with van der Waals surface area (Å²) >= 11 is 0. The SMILES string of the molecule is O=C(O)c1c(CNN2CCCCC2)oc2ccccc12. The summed E-state index contributed by atoms with van der Waals surface area (Å²) in [7, 11) is 0. The Bertz CT molecular complexity index is 615. The van der Waals surface area contributed by atoms with Crippen LogP contribution in [0.4, 0.5) is 0 Å². The molecule has 0 amide bonds. The van der Waals surface area contributed by atoms with Crippen LogP contribution in [0.25, 0.3) is 11.0 Å². The van der Waals surface area contributed by atoms with E-state index in [1.807, 2.05) is 12.1 Å². The van der Waals surface area contributed by atoms with Gasteiger partial charge in [-0.1, -0.05) is 24.6 Å². The predicted octanol–water partition coefficient (Wildman–Crippen LogP) is 2.62. The normalized spacial score (nSPS) is 16.6. The molecule has 1 fully saturated rings. The Morgan fingerprint density at radius 2 is 2.00 bits per heavy atom. The Kier molecular flexibility index (Phi) is 3.71. The Balaban J connectivity index is 1.82. The quantitative estimate of drug-likeness (QED) is 0.897. The lowest BCUT2D eigenvalue weighted by atomic mass is 10.1. The van der Waals surface area contributed by atoms with E-state index in [2.05, 4.69) is 10.4 Å². The van der Waals surface area contributed by atoms with Crippen molar-refractivity contribution in [2.75, 3.05) is 13.1 Å². The molecule has 0 atom stereocenters. The number of hydrogen-bond acceptors (Lipinski definition) is 4. The van der Waals surface area contributed by atoms with Crippen molar-refractivity contribution in [2.45, 2.75) is 25.8 Å². The summed E-state index contributed by atoms with van der Waals surface area (Å²) in [4.78, 5) is 11.4. The molecule has 5 heteroatoms. The summed E-state index contributed by atoms with van der Waals surface area (Å²) in [6, 6.07) is 7.25. The van der Waals surface area contributed by atoms with Crippen molar-refractivity contribution >= 4 is 16.9 Å². The van der Waals surface area contributed by atoms with Crippen LogP contribution in [0.15, 0.2) is 28.7 Å². The second kappa shape index (κ2) is 5.64. The van der Waals surface area contributed by atoms with Crippen LogP contribution >= 0.6 is 0 Å². The first-order valence-electron chi connectivity index (χ1n) is 6.98. The topological polar surface area (TPSA) is 65.7 Å². The number of nitrogens with zero attached hydrogens (tertiary/aromatic N) is 1. The highest BCUT2D eigenvalue weighted by Crippen LogP contribution is 2.26. The van der Waals surface area contributed by atoms with Crippen LogP contribution < -0.4 is 5.43 Å². The Morgan fingerprint density at radius 3 is 2.75 bits per heavy atom. The number of carboxylic acids is 1. The van der Waals surface area contributed by atoms with E-state index >= 15 is 0 Å². The number of rotatable bonds is 4. The minimum Gasteiger partial charge on any atom is -0.478 e. The van der Waals surface area contributed by atoms with E-state index in [1.165, 1.54) is 19.3 Å². The lowest BCUT2D eigenvalue weighted by Crippen LogP contribution is -2.41. The van der Waals surface area contributed by atoms with Crippen molar-refractivity contribution in [3.63, 3.8) is 0 Å². The van der Waals surface area contributed by atoms with Crippen LogP contribution in [0, 0.1) is 0 Å². The minimum atomic E-state index is -0.939. The van der Waals surface area contributed by atoms with Crippen LogP contribution in [0.2, 0.25) is 0 Å². The summed E-state index contributed by atoms with van der Waals surface area (Å²) in [6.45, 7) is 2.42. The Morgan fingerprint density at radius 1 is 1.25 bits per heavy atom. The second-order valence-electron chi connectivity index (χ2n) is 5.08. The first-order valence-corrected chi connectivity index (χ1v) is 6.98. The molecule has 1 saturated heterocycles. The van der Waals surface area contributed by atoms with Crippen LogP contribution in [-0.4, -0.2) is 29.2 Å². The highest BCUT2D eigenvalue weighted by molar-refractivity contribution is 6.03. The van der Waals surface area contributed by atoms with Gasteiger partial charge < -0.3 is 9.52 Å². The van der Waals surface area contributed by atoms with Crippen molar-refractivity contribution in [3.05, 3.63) is 35.6 Å². The minimum absolute atomic E-state index is 0.269. The lowest BCUT2D eigenvalue weighted by molar-refractivity contribution is 0.0694. The number of hydrogen-bond donors (Lipinski definition) is 2. The molecule has 2 N–H and O–H groups in total. The zero-order valence-corrected chi connectivity index (χ0v) is 11.3. The highest BCUT2D eigenvalue weighted by atomic mass is 16.4. The fourth-order valence-electron chi connectivity index (χ4n) is 2.69. The molecule has 2 aromatic rings. The number of benzene rings is 1. The van der Waals surface area contributed by atoms with Crippen molar-refractivity contribution < 1.29 is 14.3 Å². The molecule has 20 heavy (non-hydrogen) atoms. The van der Waals surface area contributed by atoms with Gasteiger partial charge in [0.1, 0.15) is 16.9 Å². The molecule has 0 spiro atoms. The largest absolute Gasteiger partial charge is 0.478 e. The van der Waals surface area contributed by atoms with Gasteiger partial charge in [0.25, 0.3) is 0 Å². The molecule has 0 bridgehead atoms. The zero-order valence-electron chi connectivity index (χ0n) is 11.3. The van der Waals surface area contributed by atoms with Crippen LogP contribution in [0.1, 0.15) is 35.4 Å². The first-order chi connectivity index (χ1) is 9.75. The van der Waals surface area contributed by atoms with Gasteiger partial charge in [-0.3, -0.25) is 0 Å². The number of piperidine rings is 1. The Hall–Kier alpha value is -1.85. The van der Waals surface area contributed by atoms with Crippen molar-refractivity contribution in [3.8, 4) is 0 Å². The molecular formula is C15H18N2O3. The number of hydrazine groups is 1. The molecule has 1 aromatic carbocycles. The second-order valence-corrected chi connectivity index (χ2v) is 5.08. The number of carboxylic acid groups (broad SMARTS) is 1. The molecule has 3 rings (SSSR count). The molecule has 5 nitrogen and oxygen atoms in total. The van der Waals surface area contributed by atoms with Crippen LogP contribution in [0.3, 0.4) is 0 Å². The molecule has 0 saturated carbocycles. The van der Waals surface area contributed by atoms with Gasteiger partial charge in [-0.15, -0.1) is 0 Å². The third-order valence-corrected chi connectivity index (χ3v) is 3.70. The van der Waals surface area contributed by atoms with Crippen LogP contribution in [0.5, 0.6) is 0 Å². The summed E-state index contributed by atoms with van der Waals surface area (Å²) in [5.74, 6) is -0.449. The highest BCUT2D eigenvalue weighted by Gasteiger charge is 2.20. The average molecular weight is 274 g/mol. The number of fused-ring (bicyclic) bond motifs is 1. The third kappa shape index (κ3) is 2.55. The van der Waals surface area contributed by atoms with Crippen molar-refractivity contribution in [1.82, 2.24) is 10.4 Å². The lowest BCUT2D eigenvalue weighted by Gasteiger charge is -2.26. The third-order valence-electron chi connectivity index (χ3n) is 3.70. The average Bonchev–Trinajstić information content (AvgIpc) is 2.84. The Labute approximate surface area is 117 Å². The van der Waals surface area contributed by atoms with E-state index < -0.39 is 5.97 Å². The van der Waals surface area contributed by atoms with Crippen LogP contribution in [-0.2, 0) is 6.54 Å². The van der Waals surface area contributed by atoms with Gasteiger partial charge in [0.05, 0.1) is 6.54 Å². The van der Waals surface area contributed by atoms with E-state index in [-0.39, 0.29) is 5.56 Å². The zero-order chi connectivity index (χ0) is 13.9. The molecule has 0 aliphatic carbocycles. The van der Waals surface area contributed by atoms with Gasteiger partial charge in [-0.25, -0.2) is 15.2 Å². The van der Waals surface area contributed by atoms with Crippen molar-refractivity contribution in [2.24, 2.45) is 0 Å². The summed E-state index contributed by atoms with van der Waals surface area (Å²) < 4.78 is 5.68. The summed E-state index contributed by atoms with van der Waals surface area (Å²) in [5.41, 5.74) is 4.16. The monoisotopic (exact) mass is 274 g/mol. The first kappa shape index (κ1) is 13.1. The maximum absolute atomic E-state index is 11.4. The predicted molar refractivity (Wildman–Crippen MR) is 75.4 cm³/mol. The standard InChI is InChI=1S/C15H18N2O3/c18-15(19)14-11-6-2-3-7-12(11)20-13(14)10-16-17-8-4-1-5-9-17/h2-3,6-7,16H,1,4-5,8-10H2,(H,18,19). The van der Waals surface area contributed by atoms with Gasteiger partial charge in [0.2, 0.25) is 0 Å². The van der Waals surface area contributed by atoms with E-state index in [4.69, 9.17) is 4.42 Å². The van der Waals surface area contributed by atoms with Gasteiger partial charge in [0, 0.05) is 18.5 Å². The molecule has 0 radical (unpaired) electrons. The van der Waals surface area contributed by atoms with E-state index in [0.29, 0.717) is 23.3 Å². The number of aromatic carboxylic acids is 1. The molecule has 1 aliphatic heterocycles. The summed E-state index contributed by atoms with van der Waals surface area (Å²) in [5, 5.41) is 12.2. The summed E-state index contributed by atoms with van der Waals surface area (Å²) in [6.07, 6.45) is 3.63. The molecular weight excluding hydrogens is 256 g/mol. The number of carbonyl (C=O) groups is 1. The molecule has 1 aliphatic rings. The maximum atomic E-state index is 11.4. The van der Waals surface area contributed by atoms with Crippen molar-refractivity contribution in [1.29, 1.82) is 0 Å². The van der Waals surface area contributed by atoms with Gasteiger partial charge in [-0.05, 0) is 18.9 Å². The number of nitrogens with one attached hydrogen (secondary N) is 1. The number of para-hydroxylation sites is 1. The van der Waals surface area contributed by atoms with Gasteiger partial charge >= 0.3 is 5.97 Å². The van der Waals surface area contributed by atoms with E-state index in [9.17, 15) is 9.90 Å². The molecule has 0 unspecified atom stereocenters. The molecule has 2 heterocycles. The molecule has 1 aromatic heterocycles.